The first-order valence-electron chi connectivity index (χ1n) is 8.16. The number of amides is 1. The topological polar surface area (TPSA) is 62.7 Å². The molecule has 1 saturated heterocycles. The van der Waals surface area contributed by atoms with Crippen LogP contribution in [0.2, 0.25) is 5.02 Å². The van der Waals surface area contributed by atoms with E-state index < -0.39 is 6.10 Å². The molecule has 1 aliphatic rings. The summed E-state index contributed by atoms with van der Waals surface area (Å²) >= 11 is 6.19. The molecule has 1 fully saturated rings. The molecule has 128 valence electrons. The Morgan fingerprint density at radius 2 is 2.26 bits per heavy atom. The molecule has 2 heterocycles. The Bertz CT molecular complexity index is 549. The van der Waals surface area contributed by atoms with Gasteiger partial charge in [-0.05, 0) is 38.2 Å². The number of ether oxygens (including phenoxy) is 1. The van der Waals surface area contributed by atoms with Gasteiger partial charge in [-0.3, -0.25) is 4.79 Å². The first kappa shape index (κ1) is 18.0. The van der Waals surface area contributed by atoms with Crippen molar-refractivity contribution in [2.45, 2.75) is 52.2 Å². The Labute approximate surface area is 142 Å². The highest BCUT2D eigenvalue weighted by molar-refractivity contribution is 6.32. The van der Waals surface area contributed by atoms with Gasteiger partial charge in [0.05, 0.1) is 18.3 Å². The Balaban J connectivity index is 2.08. The average molecular weight is 341 g/mol. The quantitative estimate of drug-likeness (QED) is 0.864. The minimum Gasteiger partial charge on any atom is -0.476 e. The van der Waals surface area contributed by atoms with Crippen molar-refractivity contribution in [1.29, 1.82) is 0 Å². The Morgan fingerprint density at radius 3 is 2.87 bits per heavy atom. The largest absolute Gasteiger partial charge is 0.476 e. The van der Waals surface area contributed by atoms with E-state index >= 15 is 0 Å². The van der Waals surface area contributed by atoms with Crippen molar-refractivity contribution >= 4 is 17.5 Å². The summed E-state index contributed by atoms with van der Waals surface area (Å²) in [7, 11) is 0. The molecular formula is C17H25ClN2O3. The number of carbonyl (C=O) groups excluding carboxylic acids is 1. The van der Waals surface area contributed by atoms with Crippen LogP contribution in [0.15, 0.2) is 12.3 Å². The van der Waals surface area contributed by atoms with E-state index in [1.54, 1.807) is 13.0 Å². The summed E-state index contributed by atoms with van der Waals surface area (Å²) in [5.41, 5.74) is 0.462. The van der Waals surface area contributed by atoms with E-state index in [-0.39, 0.29) is 11.9 Å². The van der Waals surface area contributed by atoms with Gasteiger partial charge < -0.3 is 14.7 Å². The third kappa shape index (κ3) is 4.82. The van der Waals surface area contributed by atoms with E-state index in [9.17, 15) is 9.90 Å². The highest BCUT2D eigenvalue weighted by atomic mass is 35.5. The lowest BCUT2D eigenvalue weighted by molar-refractivity contribution is 0.0681. The summed E-state index contributed by atoms with van der Waals surface area (Å²) in [6.45, 7) is 7.07. The van der Waals surface area contributed by atoms with Crippen molar-refractivity contribution in [3.63, 3.8) is 0 Å². The molecule has 0 spiro atoms. The number of likely N-dealkylation sites (tertiary alicyclic amines) is 1. The van der Waals surface area contributed by atoms with E-state index in [1.165, 1.54) is 6.20 Å². The summed E-state index contributed by atoms with van der Waals surface area (Å²) in [4.78, 5) is 18.7. The number of hydrogen-bond acceptors (Lipinski definition) is 4. The van der Waals surface area contributed by atoms with E-state index in [1.807, 2.05) is 18.7 Å². The third-order valence-corrected chi connectivity index (χ3v) is 4.13. The predicted octanol–water partition coefficient (Wildman–Crippen LogP) is 3.15. The molecule has 1 amide bonds. The number of pyridine rings is 1. The predicted molar refractivity (Wildman–Crippen MR) is 89.9 cm³/mol. The van der Waals surface area contributed by atoms with Gasteiger partial charge in [-0.25, -0.2) is 4.98 Å². The van der Waals surface area contributed by atoms with Gasteiger partial charge in [0.15, 0.2) is 0 Å². The monoisotopic (exact) mass is 340 g/mol. The molecule has 1 aromatic heterocycles. The molecule has 1 aliphatic heterocycles. The summed E-state index contributed by atoms with van der Waals surface area (Å²) in [5, 5.41) is 9.93. The number of aliphatic hydroxyl groups is 1. The molecule has 0 bridgehead atoms. The van der Waals surface area contributed by atoms with Crippen LogP contribution in [0.4, 0.5) is 0 Å². The molecule has 0 radical (unpaired) electrons. The SMILES string of the molecule is CC(C)COc1ncc(C(=O)N2CCC[C@@H]2C[C@@H](C)O)cc1Cl. The van der Waals surface area contributed by atoms with Crippen LogP contribution in [0.25, 0.3) is 0 Å². The van der Waals surface area contributed by atoms with E-state index in [0.29, 0.717) is 42.0 Å². The summed E-state index contributed by atoms with van der Waals surface area (Å²) in [5.74, 6) is 0.650. The lowest BCUT2D eigenvalue weighted by Crippen LogP contribution is -2.37. The molecule has 2 atom stereocenters. The molecule has 1 aromatic rings. The Hall–Kier alpha value is -1.33. The number of nitrogens with zero attached hydrogens (tertiary/aromatic N) is 2. The highest BCUT2D eigenvalue weighted by Crippen LogP contribution is 2.27. The van der Waals surface area contributed by atoms with Crippen LogP contribution < -0.4 is 4.74 Å². The van der Waals surface area contributed by atoms with Crippen LogP contribution in [-0.4, -0.2) is 46.2 Å². The molecule has 0 aromatic carbocycles. The van der Waals surface area contributed by atoms with Crippen LogP contribution in [0.1, 0.15) is 50.4 Å². The number of carbonyl (C=O) groups is 1. The normalized spacial score (nSPS) is 19.2. The number of hydrogen-bond donors (Lipinski definition) is 1. The van der Waals surface area contributed by atoms with Crippen molar-refractivity contribution in [1.82, 2.24) is 9.88 Å². The number of aliphatic hydroxyl groups excluding tert-OH is 1. The van der Waals surface area contributed by atoms with Crippen molar-refractivity contribution in [2.24, 2.45) is 5.92 Å². The fraction of sp³-hybridized carbons (Fsp3) is 0.647. The standard InChI is InChI=1S/C17H25ClN2O3/c1-11(2)10-23-16-15(18)8-13(9-19-16)17(22)20-6-4-5-14(20)7-12(3)21/h8-9,11-12,14,21H,4-7,10H2,1-3H3/t12-,14-/m1/s1. The zero-order valence-corrected chi connectivity index (χ0v) is 14.7. The van der Waals surface area contributed by atoms with E-state index in [4.69, 9.17) is 16.3 Å². The Morgan fingerprint density at radius 1 is 1.52 bits per heavy atom. The smallest absolute Gasteiger partial charge is 0.255 e. The first-order chi connectivity index (χ1) is 10.9. The second-order valence-corrected chi connectivity index (χ2v) is 7.00. The zero-order valence-electron chi connectivity index (χ0n) is 14.0. The molecule has 5 nitrogen and oxygen atoms in total. The molecule has 1 N–H and O–H groups in total. The zero-order chi connectivity index (χ0) is 17.0. The second kappa shape index (κ2) is 7.97. The maximum atomic E-state index is 12.7. The van der Waals surface area contributed by atoms with Crippen LogP contribution in [0, 0.1) is 5.92 Å². The van der Waals surface area contributed by atoms with Crippen molar-refractivity contribution in [2.75, 3.05) is 13.2 Å². The fourth-order valence-electron chi connectivity index (χ4n) is 2.80. The Kier molecular flexibility index (Phi) is 6.25. The van der Waals surface area contributed by atoms with Crippen molar-refractivity contribution in [3.05, 3.63) is 22.8 Å². The molecule has 0 aliphatic carbocycles. The molecular weight excluding hydrogens is 316 g/mol. The van der Waals surface area contributed by atoms with Gasteiger partial charge in [0.1, 0.15) is 5.02 Å². The minimum absolute atomic E-state index is 0.0816. The minimum atomic E-state index is -0.415. The lowest BCUT2D eigenvalue weighted by Gasteiger charge is -2.25. The average Bonchev–Trinajstić information content (AvgIpc) is 2.92. The second-order valence-electron chi connectivity index (χ2n) is 6.60. The van der Waals surface area contributed by atoms with E-state index in [0.717, 1.165) is 12.8 Å². The van der Waals surface area contributed by atoms with Gasteiger partial charge >= 0.3 is 0 Å². The number of halogens is 1. The summed E-state index contributed by atoms with van der Waals surface area (Å²) in [6.07, 6.45) is 3.58. The van der Waals surface area contributed by atoms with Gasteiger partial charge in [0, 0.05) is 18.8 Å². The van der Waals surface area contributed by atoms with Crippen LogP contribution in [-0.2, 0) is 0 Å². The highest BCUT2D eigenvalue weighted by Gasteiger charge is 2.30. The van der Waals surface area contributed by atoms with Crippen LogP contribution in [0.3, 0.4) is 0 Å². The number of aromatic nitrogens is 1. The van der Waals surface area contributed by atoms with E-state index in [2.05, 4.69) is 4.98 Å². The van der Waals surface area contributed by atoms with Crippen molar-refractivity contribution in [3.8, 4) is 5.88 Å². The van der Waals surface area contributed by atoms with Crippen LogP contribution >= 0.6 is 11.6 Å². The maximum absolute atomic E-state index is 12.7. The third-order valence-electron chi connectivity index (χ3n) is 3.86. The summed E-state index contributed by atoms with van der Waals surface area (Å²) < 4.78 is 5.53. The molecule has 0 saturated carbocycles. The first-order valence-corrected chi connectivity index (χ1v) is 8.53. The fourth-order valence-corrected chi connectivity index (χ4v) is 3.02. The van der Waals surface area contributed by atoms with Gasteiger partial charge in [-0.2, -0.15) is 0 Å². The molecule has 6 heteroatoms. The van der Waals surface area contributed by atoms with Gasteiger partial charge in [0.25, 0.3) is 5.91 Å². The molecule has 2 rings (SSSR count). The van der Waals surface area contributed by atoms with Crippen molar-refractivity contribution < 1.29 is 14.6 Å². The molecule has 23 heavy (non-hydrogen) atoms. The number of rotatable bonds is 6. The van der Waals surface area contributed by atoms with Gasteiger partial charge in [-0.1, -0.05) is 25.4 Å². The van der Waals surface area contributed by atoms with Gasteiger partial charge in [0.2, 0.25) is 5.88 Å². The molecule has 0 unspecified atom stereocenters. The van der Waals surface area contributed by atoms with Gasteiger partial charge in [-0.15, -0.1) is 0 Å². The maximum Gasteiger partial charge on any atom is 0.255 e. The summed E-state index contributed by atoms with van der Waals surface area (Å²) in [6, 6.07) is 1.70. The van der Waals surface area contributed by atoms with Crippen LogP contribution in [0.5, 0.6) is 5.88 Å². The lowest BCUT2D eigenvalue weighted by atomic mass is 10.1.